The molecule has 3 nitrogen and oxygen atoms in total. The van der Waals surface area contributed by atoms with Gasteiger partial charge in [-0.3, -0.25) is 0 Å². The Hall–Kier alpha value is -2.42. The quantitative estimate of drug-likeness (QED) is 0.712. The van der Waals surface area contributed by atoms with E-state index < -0.39 is 0 Å². The first kappa shape index (κ1) is 13.6. The van der Waals surface area contributed by atoms with Gasteiger partial charge in [0.25, 0.3) is 0 Å². The fourth-order valence-electron chi connectivity index (χ4n) is 2.56. The van der Waals surface area contributed by atoms with Crippen molar-refractivity contribution in [2.24, 2.45) is 0 Å². The van der Waals surface area contributed by atoms with Crippen LogP contribution in [0.5, 0.6) is 0 Å². The highest BCUT2D eigenvalue weighted by molar-refractivity contribution is 5.20. The highest BCUT2D eigenvalue weighted by Gasteiger charge is 2.12. The monoisotopic (exact) mass is 277 g/mol. The third-order valence-electron chi connectivity index (χ3n) is 3.83. The lowest BCUT2D eigenvalue weighted by Crippen LogP contribution is -2.10. The number of hydrogen-bond acceptors (Lipinski definition) is 2. The Balaban J connectivity index is 1.75. The molecule has 1 atom stereocenters. The molecule has 0 saturated carbocycles. The van der Waals surface area contributed by atoms with Gasteiger partial charge in [-0.05, 0) is 24.5 Å². The Morgan fingerprint density at radius 2 is 1.57 bits per heavy atom. The van der Waals surface area contributed by atoms with Crippen molar-refractivity contribution < 1.29 is 0 Å². The van der Waals surface area contributed by atoms with Crippen molar-refractivity contribution in [2.75, 3.05) is 0 Å². The van der Waals surface area contributed by atoms with E-state index in [0.29, 0.717) is 0 Å². The van der Waals surface area contributed by atoms with Crippen LogP contribution in [0.2, 0.25) is 0 Å². The lowest BCUT2D eigenvalue weighted by atomic mass is 10.1. The van der Waals surface area contributed by atoms with E-state index in [9.17, 15) is 0 Å². The van der Waals surface area contributed by atoms with Crippen LogP contribution in [0.25, 0.3) is 0 Å². The minimum atomic E-state index is 0.256. The van der Waals surface area contributed by atoms with Crippen LogP contribution >= 0.6 is 0 Å². The zero-order chi connectivity index (χ0) is 14.5. The van der Waals surface area contributed by atoms with Crippen LogP contribution in [0.4, 0.5) is 0 Å². The van der Waals surface area contributed by atoms with Crippen molar-refractivity contribution in [1.29, 1.82) is 0 Å². The van der Waals surface area contributed by atoms with E-state index in [2.05, 4.69) is 70.2 Å². The molecule has 1 aromatic heterocycles. The van der Waals surface area contributed by atoms with Crippen LogP contribution in [0.15, 0.2) is 67.0 Å². The van der Waals surface area contributed by atoms with Gasteiger partial charge in [-0.1, -0.05) is 60.7 Å². The number of nitrogens with zero attached hydrogens (tertiary/aromatic N) is 3. The molecule has 1 heterocycles. The van der Waals surface area contributed by atoms with E-state index in [4.69, 9.17) is 0 Å². The molecular formula is C18H19N3. The van der Waals surface area contributed by atoms with E-state index in [1.54, 1.807) is 0 Å². The maximum atomic E-state index is 4.29. The number of aryl methyl sites for hydroxylation is 2. The Morgan fingerprint density at radius 3 is 2.29 bits per heavy atom. The molecule has 21 heavy (non-hydrogen) atoms. The smallest absolute Gasteiger partial charge is 0.133 e. The maximum Gasteiger partial charge on any atom is 0.133 e. The Morgan fingerprint density at radius 1 is 0.905 bits per heavy atom. The van der Waals surface area contributed by atoms with E-state index in [0.717, 1.165) is 18.7 Å². The molecule has 0 aliphatic heterocycles. The van der Waals surface area contributed by atoms with Crippen molar-refractivity contribution in [3.8, 4) is 0 Å². The first-order chi connectivity index (χ1) is 10.3. The average Bonchev–Trinajstić information content (AvgIpc) is 3.02. The first-order valence-electron chi connectivity index (χ1n) is 7.32. The molecule has 0 spiro atoms. The Labute approximate surface area is 125 Å². The van der Waals surface area contributed by atoms with Crippen LogP contribution in [0.1, 0.15) is 29.9 Å². The van der Waals surface area contributed by atoms with Gasteiger partial charge in [0.2, 0.25) is 0 Å². The third kappa shape index (κ3) is 3.19. The minimum absolute atomic E-state index is 0.256. The van der Waals surface area contributed by atoms with Gasteiger partial charge in [0.1, 0.15) is 12.2 Å². The van der Waals surface area contributed by atoms with Gasteiger partial charge in [-0.2, -0.15) is 0 Å². The fourth-order valence-corrected chi connectivity index (χ4v) is 2.56. The Bertz CT molecular complexity index is 674. The van der Waals surface area contributed by atoms with Crippen molar-refractivity contribution in [2.45, 2.75) is 25.8 Å². The zero-order valence-corrected chi connectivity index (χ0v) is 12.2. The van der Waals surface area contributed by atoms with Gasteiger partial charge in [-0.25, -0.2) is 0 Å². The lowest BCUT2D eigenvalue weighted by Gasteiger charge is -2.15. The zero-order valence-electron chi connectivity index (χ0n) is 12.2. The van der Waals surface area contributed by atoms with Crippen molar-refractivity contribution in [3.63, 3.8) is 0 Å². The molecule has 3 rings (SSSR count). The van der Waals surface area contributed by atoms with Crippen molar-refractivity contribution in [1.82, 2.24) is 14.8 Å². The van der Waals surface area contributed by atoms with Gasteiger partial charge < -0.3 is 4.57 Å². The summed E-state index contributed by atoms with van der Waals surface area (Å²) < 4.78 is 2.16. The SMILES string of the molecule is CC(c1ccccc1)n1cnnc1CCc1ccccc1. The van der Waals surface area contributed by atoms with Crippen LogP contribution in [-0.2, 0) is 12.8 Å². The van der Waals surface area contributed by atoms with Crippen molar-refractivity contribution in [3.05, 3.63) is 83.9 Å². The summed E-state index contributed by atoms with van der Waals surface area (Å²) in [5.74, 6) is 1.04. The molecule has 0 radical (unpaired) electrons. The van der Waals surface area contributed by atoms with Gasteiger partial charge in [0, 0.05) is 6.42 Å². The number of hydrogen-bond donors (Lipinski definition) is 0. The molecule has 3 heteroatoms. The maximum absolute atomic E-state index is 4.29. The summed E-state index contributed by atoms with van der Waals surface area (Å²) >= 11 is 0. The second-order valence-electron chi connectivity index (χ2n) is 5.23. The van der Waals surface area contributed by atoms with Crippen LogP contribution in [0.3, 0.4) is 0 Å². The van der Waals surface area contributed by atoms with Gasteiger partial charge in [0.15, 0.2) is 0 Å². The molecule has 106 valence electrons. The molecule has 1 unspecified atom stereocenters. The molecule has 0 aliphatic rings. The van der Waals surface area contributed by atoms with Gasteiger partial charge in [0.05, 0.1) is 6.04 Å². The van der Waals surface area contributed by atoms with Gasteiger partial charge in [-0.15, -0.1) is 10.2 Å². The molecule has 3 aromatic rings. The van der Waals surface area contributed by atoms with E-state index in [1.165, 1.54) is 11.1 Å². The predicted molar refractivity (Wildman–Crippen MR) is 84.1 cm³/mol. The second-order valence-corrected chi connectivity index (χ2v) is 5.23. The standard InChI is InChI=1S/C18H19N3/c1-15(17-10-6-3-7-11-17)21-14-19-20-18(21)13-12-16-8-4-2-5-9-16/h2-11,14-15H,12-13H2,1H3. The normalized spacial score (nSPS) is 12.2. The summed E-state index contributed by atoms with van der Waals surface area (Å²) in [5, 5.41) is 8.38. The summed E-state index contributed by atoms with van der Waals surface area (Å²) in [6, 6.07) is 21.2. The van der Waals surface area contributed by atoms with Crippen molar-refractivity contribution >= 4 is 0 Å². The molecule has 0 amide bonds. The summed E-state index contributed by atoms with van der Waals surface area (Å²) in [4.78, 5) is 0. The molecule has 2 aromatic carbocycles. The number of rotatable bonds is 5. The minimum Gasteiger partial charge on any atom is -0.310 e. The molecule has 0 aliphatic carbocycles. The number of aromatic nitrogens is 3. The largest absolute Gasteiger partial charge is 0.310 e. The molecular weight excluding hydrogens is 258 g/mol. The predicted octanol–water partition coefficient (Wildman–Crippen LogP) is 3.67. The molecule has 0 fully saturated rings. The summed E-state index contributed by atoms with van der Waals surface area (Å²) in [6.45, 7) is 2.19. The lowest BCUT2D eigenvalue weighted by molar-refractivity contribution is 0.598. The average molecular weight is 277 g/mol. The highest BCUT2D eigenvalue weighted by atomic mass is 15.3. The van der Waals surface area contributed by atoms with Crippen LogP contribution in [0, 0.1) is 0 Å². The molecule has 0 bridgehead atoms. The third-order valence-corrected chi connectivity index (χ3v) is 3.83. The number of benzene rings is 2. The molecule has 0 N–H and O–H groups in total. The summed E-state index contributed by atoms with van der Waals surface area (Å²) in [7, 11) is 0. The first-order valence-corrected chi connectivity index (χ1v) is 7.32. The fraction of sp³-hybridized carbons (Fsp3) is 0.222. The van der Waals surface area contributed by atoms with E-state index in [-0.39, 0.29) is 6.04 Å². The van der Waals surface area contributed by atoms with E-state index >= 15 is 0 Å². The summed E-state index contributed by atoms with van der Waals surface area (Å²) in [6.07, 6.45) is 3.72. The highest BCUT2D eigenvalue weighted by Crippen LogP contribution is 2.19. The van der Waals surface area contributed by atoms with E-state index in [1.807, 2.05) is 18.5 Å². The topological polar surface area (TPSA) is 30.7 Å². The van der Waals surface area contributed by atoms with Crippen LogP contribution < -0.4 is 0 Å². The second kappa shape index (κ2) is 6.35. The van der Waals surface area contributed by atoms with Gasteiger partial charge >= 0.3 is 0 Å². The van der Waals surface area contributed by atoms with Crippen LogP contribution in [-0.4, -0.2) is 14.8 Å². The summed E-state index contributed by atoms with van der Waals surface area (Å²) in [5.41, 5.74) is 2.61. The Kier molecular flexibility index (Phi) is 4.10. The molecule has 0 saturated heterocycles.